The molecule has 0 radical (unpaired) electrons. The third kappa shape index (κ3) is 1.86. The second-order valence-electron chi connectivity index (χ2n) is 5.35. The number of nitrogens with zero attached hydrogens (tertiary/aromatic N) is 2. The van der Waals surface area contributed by atoms with Gasteiger partial charge in [-0.15, -0.1) is 0 Å². The number of aldehydes is 1. The number of hydrogen-bond donors (Lipinski definition) is 1. The molecule has 0 aromatic carbocycles. The topological polar surface area (TPSA) is 58.6 Å². The van der Waals surface area contributed by atoms with Crippen molar-refractivity contribution in [3.63, 3.8) is 0 Å². The first-order chi connectivity index (χ1) is 8.61. The van der Waals surface area contributed by atoms with E-state index in [2.05, 4.69) is 30.9 Å². The average molecular weight is 308 g/mol. The molecule has 4 nitrogen and oxygen atoms in total. The van der Waals surface area contributed by atoms with Crippen LogP contribution in [0.15, 0.2) is 17.0 Å². The second kappa shape index (κ2) is 4.16. The third-order valence-corrected chi connectivity index (χ3v) is 4.26. The molecule has 0 saturated heterocycles. The zero-order valence-corrected chi connectivity index (χ0v) is 11.7. The minimum Gasteiger partial charge on any atom is -0.345 e. The number of aromatic nitrogens is 3. The molecular formula is C13H14BrN3O. The van der Waals surface area contributed by atoms with Crippen LogP contribution in [0.25, 0.3) is 11.2 Å². The van der Waals surface area contributed by atoms with Crippen LogP contribution in [0.5, 0.6) is 0 Å². The fourth-order valence-electron chi connectivity index (χ4n) is 2.84. The molecule has 1 N–H and O–H groups in total. The van der Waals surface area contributed by atoms with E-state index in [0.717, 1.165) is 41.3 Å². The third-order valence-electron chi connectivity index (χ3n) is 3.88. The monoisotopic (exact) mass is 307 g/mol. The van der Waals surface area contributed by atoms with Crippen LogP contribution in [0.4, 0.5) is 0 Å². The van der Waals surface area contributed by atoms with Gasteiger partial charge in [0, 0.05) is 17.2 Å². The van der Waals surface area contributed by atoms with Crippen molar-refractivity contribution in [1.29, 1.82) is 0 Å². The highest BCUT2D eigenvalue weighted by Gasteiger charge is 2.36. The van der Waals surface area contributed by atoms with Crippen LogP contribution in [-0.4, -0.2) is 21.2 Å². The maximum atomic E-state index is 11.1. The van der Waals surface area contributed by atoms with Crippen LogP contribution in [0.1, 0.15) is 37.7 Å². The zero-order chi connectivity index (χ0) is 12.8. The molecule has 1 saturated carbocycles. The number of hydrogen-bond acceptors (Lipinski definition) is 3. The Morgan fingerprint density at radius 1 is 1.61 bits per heavy atom. The first-order valence-electron chi connectivity index (χ1n) is 6.07. The summed E-state index contributed by atoms with van der Waals surface area (Å²) in [5.74, 6) is 0.401. The number of halogens is 1. The predicted molar refractivity (Wildman–Crippen MR) is 72.4 cm³/mol. The number of carbonyl (C=O) groups is 1. The lowest BCUT2D eigenvalue weighted by Crippen LogP contribution is -2.12. The van der Waals surface area contributed by atoms with E-state index in [0.29, 0.717) is 5.92 Å². The number of nitrogens with one attached hydrogen (secondary N) is 1. The van der Waals surface area contributed by atoms with E-state index in [1.165, 1.54) is 5.56 Å². The molecule has 1 aliphatic rings. The van der Waals surface area contributed by atoms with Crippen LogP contribution in [0, 0.1) is 5.41 Å². The Balaban J connectivity index is 2.00. The van der Waals surface area contributed by atoms with E-state index < -0.39 is 0 Å². The molecule has 0 spiro atoms. The van der Waals surface area contributed by atoms with Crippen molar-refractivity contribution >= 4 is 33.4 Å². The number of fused-ring (bicyclic) bond motifs is 1. The van der Waals surface area contributed by atoms with Crippen molar-refractivity contribution in [3.8, 4) is 0 Å². The van der Waals surface area contributed by atoms with E-state index >= 15 is 0 Å². The summed E-state index contributed by atoms with van der Waals surface area (Å²) in [6.45, 7) is 2.04. The first kappa shape index (κ1) is 11.8. The minimum absolute atomic E-state index is 0.173. The molecule has 2 aromatic heterocycles. The van der Waals surface area contributed by atoms with Gasteiger partial charge in [0.15, 0.2) is 5.65 Å². The number of H-pyrrole nitrogens is 1. The lowest BCUT2D eigenvalue weighted by Gasteiger charge is -2.15. The molecule has 3 rings (SSSR count). The van der Waals surface area contributed by atoms with Gasteiger partial charge in [0.25, 0.3) is 0 Å². The molecule has 1 fully saturated rings. The Hall–Kier alpha value is -1.23. The normalized spacial score (nSPS) is 27.8. The molecule has 94 valence electrons. The quantitative estimate of drug-likeness (QED) is 0.867. The van der Waals surface area contributed by atoms with E-state index in [1.807, 2.05) is 13.1 Å². The molecule has 5 heteroatoms. The highest BCUT2D eigenvalue weighted by atomic mass is 79.9. The van der Waals surface area contributed by atoms with Gasteiger partial charge >= 0.3 is 0 Å². The van der Waals surface area contributed by atoms with Gasteiger partial charge < -0.3 is 9.78 Å². The molecule has 18 heavy (non-hydrogen) atoms. The van der Waals surface area contributed by atoms with Crippen LogP contribution >= 0.6 is 15.9 Å². The maximum absolute atomic E-state index is 11.1. The minimum atomic E-state index is -0.173. The molecule has 0 amide bonds. The lowest BCUT2D eigenvalue weighted by atomic mass is 9.88. The maximum Gasteiger partial charge on any atom is 0.156 e. The predicted octanol–water partition coefficient (Wildman–Crippen LogP) is 3.19. The highest BCUT2D eigenvalue weighted by Crippen LogP contribution is 2.46. The van der Waals surface area contributed by atoms with Gasteiger partial charge in [-0.3, -0.25) is 0 Å². The van der Waals surface area contributed by atoms with Crippen molar-refractivity contribution in [2.75, 3.05) is 0 Å². The Morgan fingerprint density at radius 3 is 3.17 bits per heavy atom. The summed E-state index contributed by atoms with van der Waals surface area (Å²) < 4.78 is 0.743. The molecule has 2 heterocycles. The Bertz CT molecular complexity index is 609. The summed E-state index contributed by atoms with van der Waals surface area (Å²) in [5.41, 5.74) is 2.75. The molecule has 2 unspecified atom stereocenters. The number of rotatable bonds is 2. The summed E-state index contributed by atoms with van der Waals surface area (Å²) >= 11 is 3.35. The van der Waals surface area contributed by atoms with Gasteiger partial charge in [0.1, 0.15) is 16.4 Å². The fraction of sp³-hybridized carbons (Fsp3) is 0.462. The second-order valence-corrected chi connectivity index (χ2v) is 6.16. The van der Waals surface area contributed by atoms with Gasteiger partial charge in [-0.2, -0.15) is 0 Å². The Morgan fingerprint density at radius 2 is 2.44 bits per heavy atom. The van der Waals surface area contributed by atoms with Crippen molar-refractivity contribution in [3.05, 3.63) is 22.6 Å². The molecule has 1 aliphatic carbocycles. The van der Waals surface area contributed by atoms with E-state index in [1.54, 1.807) is 6.20 Å². The Kier molecular flexibility index (Phi) is 2.73. The van der Waals surface area contributed by atoms with Crippen molar-refractivity contribution in [1.82, 2.24) is 15.0 Å². The summed E-state index contributed by atoms with van der Waals surface area (Å²) in [7, 11) is 0. The molecule has 0 aliphatic heterocycles. The summed E-state index contributed by atoms with van der Waals surface area (Å²) in [5, 5.41) is 0. The van der Waals surface area contributed by atoms with E-state index in [9.17, 15) is 4.79 Å². The highest BCUT2D eigenvalue weighted by molar-refractivity contribution is 9.10. The summed E-state index contributed by atoms with van der Waals surface area (Å²) in [6, 6.07) is 0. The van der Waals surface area contributed by atoms with Gasteiger partial charge in [-0.1, -0.05) is 6.92 Å². The van der Waals surface area contributed by atoms with Crippen molar-refractivity contribution in [2.24, 2.45) is 5.41 Å². The first-order valence-corrected chi connectivity index (χ1v) is 6.86. The average Bonchev–Trinajstić information content (AvgIpc) is 2.93. The molecular weight excluding hydrogens is 294 g/mol. The number of aromatic amines is 1. The van der Waals surface area contributed by atoms with Gasteiger partial charge in [-0.25, -0.2) is 9.97 Å². The van der Waals surface area contributed by atoms with Crippen molar-refractivity contribution in [2.45, 2.75) is 32.1 Å². The van der Waals surface area contributed by atoms with Crippen LogP contribution < -0.4 is 0 Å². The SMILES string of the molecule is CC1(C=O)CCC(c2c[nH]c3ncc(Br)nc23)C1. The van der Waals surface area contributed by atoms with Crippen LogP contribution in [0.2, 0.25) is 0 Å². The Labute approximate surface area is 113 Å². The smallest absolute Gasteiger partial charge is 0.156 e. The number of carbonyl (C=O) groups excluding carboxylic acids is 1. The summed E-state index contributed by atoms with van der Waals surface area (Å²) in [4.78, 5) is 23.1. The van der Waals surface area contributed by atoms with Crippen molar-refractivity contribution < 1.29 is 4.79 Å². The molecule has 0 bridgehead atoms. The van der Waals surface area contributed by atoms with Crippen LogP contribution in [-0.2, 0) is 4.79 Å². The summed E-state index contributed by atoms with van der Waals surface area (Å²) in [6.07, 6.45) is 7.66. The standard InChI is InChI=1S/C13H14BrN3O/c1-13(7-18)3-2-8(4-13)9-5-15-12-11(9)17-10(14)6-16-12/h5-8H,2-4H2,1H3,(H,15,16). The van der Waals surface area contributed by atoms with Crippen LogP contribution in [0.3, 0.4) is 0 Å². The fourth-order valence-corrected chi connectivity index (χ4v) is 3.12. The van der Waals surface area contributed by atoms with Gasteiger partial charge in [-0.05, 0) is 41.1 Å². The van der Waals surface area contributed by atoms with Gasteiger partial charge in [0.05, 0.1) is 6.20 Å². The zero-order valence-electron chi connectivity index (χ0n) is 10.1. The molecule has 2 atom stereocenters. The molecule has 2 aromatic rings. The largest absolute Gasteiger partial charge is 0.345 e. The van der Waals surface area contributed by atoms with Gasteiger partial charge in [0.2, 0.25) is 0 Å². The van der Waals surface area contributed by atoms with E-state index in [4.69, 9.17) is 0 Å². The lowest BCUT2D eigenvalue weighted by molar-refractivity contribution is -0.115. The van der Waals surface area contributed by atoms with E-state index in [-0.39, 0.29) is 5.41 Å².